The maximum absolute atomic E-state index is 13.0. The summed E-state index contributed by atoms with van der Waals surface area (Å²) in [5.41, 5.74) is 0. The van der Waals surface area contributed by atoms with Crippen LogP contribution in [-0.2, 0) is 18.4 Å². The second-order valence-electron chi connectivity index (χ2n) is 20.4. The first kappa shape index (κ1) is 63.9. The largest absolute Gasteiger partial charge is 0.756 e. The molecule has 0 heterocycles. The standard InChI is InChI=1S/C55H109N2O7P/c1-6-8-10-12-14-16-18-20-21-22-23-24-25-26-27-28-29-30-31-32-33-34-35-36-38-40-42-44-46-48-54(59)56-52(51-64-65(61,62)63-50-49-57(3,4)5)55(60)53(58)47-45-43-41-39-37-19-17-15-13-11-9-7-2/h22-23,39,41,52-53,55,58,60H,6-21,24-38,40,42-51H2,1-5H3,(H-,56,59,61,62)/b23-22-,41-39+. The lowest BCUT2D eigenvalue weighted by atomic mass is 10.0. The van der Waals surface area contributed by atoms with E-state index in [0.29, 0.717) is 30.3 Å². The zero-order valence-corrected chi connectivity index (χ0v) is 44.5. The molecule has 0 aliphatic heterocycles. The van der Waals surface area contributed by atoms with Gasteiger partial charge in [-0.1, -0.05) is 218 Å². The van der Waals surface area contributed by atoms with Gasteiger partial charge in [0, 0.05) is 6.42 Å². The Morgan fingerprint density at radius 3 is 1.25 bits per heavy atom. The fourth-order valence-corrected chi connectivity index (χ4v) is 9.03. The molecular formula is C55H109N2O7P. The van der Waals surface area contributed by atoms with Gasteiger partial charge in [-0.3, -0.25) is 9.36 Å². The molecule has 0 aromatic carbocycles. The first-order valence-electron chi connectivity index (χ1n) is 27.8. The number of hydrogen-bond acceptors (Lipinski definition) is 7. The van der Waals surface area contributed by atoms with Gasteiger partial charge < -0.3 is 34.0 Å². The summed E-state index contributed by atoms with van der Waals surface area (Å²) in [5, 5.41) is 24.7. The molecule has 3 N–H and O–H groups in total. The summed E-state index contributed by atoms with van der Waals surface area (Å²) in [4.78, 5) is 25.5. The Kier molecular flexibility index (Phi) is 45.9. The zero-order valence-electron chi connectivity index (χ0n) is 43.6. The average molecular weight is 941 g/mol. The number of carbonyl (C=O) groups is 1. The number of nitrogens with one attached hydrogen (secondary N) is 1. The Labute approximate surface area is 403 Å². The van der Waals surface area contributed by atoms with Crippen molar-refractivity contribution in [3.63, 3.8) is 0 Å². The van der Waals surface area contributed by atoms with Crippen molar-refractivity contribution in [3.8, 4) is 0 Å². The quantitative estimate of drug-likeness (QED) is 0.0240. The van der Waals surface area contributed by atoms with Crippen molar-refractivity contribution < 1.29 is 38.0 Å². The number of amides is 1. The van der Waals surface area contributed by atoms with Gasteiger partial charge in [-0.2, -0.15) is 0 Å². The molecule has 1 amide bonds. The van der Waals surface area contributed by atoms with Gasteiger partial charge in [0.25, 0.3) is 7.82 Å². The molecule has 0 aromatic heterocycles. The number of likely N-dealkylation sites (N-methyl/N-ethyl adjacent to an activating group) is 1. The van der Waals surface area contributed by atoms with Crippen LogP contribution < -0.4 is 10.2 Å². The Hall–Kier alpha value is -1.06. The van der Waals surface area contributed by atoms with E-state index < -0.39 is 32.7 Å². The van der Waals surface area contributed by atoms with E-state index in [1.807, 2.05) is 21.1 Å². The molecule has 0 fully saturated rings. The van der Waals surface area contributed by atoms with Crippen LogP contribution in [-0.4, -0.2) is 79.8 Å². The minimum absolute atomic E-state index is 0.0443. The first-order valence-corrected chi connectivity index (χ1v) is 29.2. The van der Waals surface area contributed by atoms with Crippen LogP contribution in [0.1, 0.15) is 264 Å². The molecule has 0 aliphatic rings. The molecular weight excluding hydrogens is 832 g/mol. The molecule has 0 radical (unpaired) electrons. The summed E-state index contributed by atoms with van der Waals surface area (Å²) in [6.07, 6.45) is 53.9. The summed E-state index contributed by atoms with van der Waals surface area (Å²) in [5.74, 6) is -0.285. The van der Waals surface area contributed by atoms with Gasteiger partial charge in [-0.25, -0.2) is 0 Å². The Morgan fingerprint density at radius 2 is 0.877 bits per heavy atom. The summed E-state index contributed by atoms with van der Waals surface area (Å²) in [7, 11) is 1.12. The number of allylic oxidation sites excluding steroid dienone is 4. The van der Waals surface area contributed by atoms with Crippen LogP contribution >= 0.6 is 7.82 Å². The summed E-state index contributed by atoms with van der Waals surface area (Å²) in [6, 6.07) is -1.09. The number of hydrogen-bond donors (Lipinski definition) is 3. The van der Waals surface area contributed by atoms with Gasteiger partial charge in [-0.05, 0) is 64.2 Å². The van der Waals surface area contributed by atoms with Crippen molar-refractivity contribution in [2.75, 3.05) is 40.9 Å². The number of phosphoric acid groups is 1. The number of carbonyl (C=O) groups excluding carboxylic acids is 1. The second kappa shape index (κ2) is 46.7. The Balaban J connectivity index is 4.15. The van der Waals surface area contributed by atoms with Gasteiger partial charge >= 0.3 is 0 Å². The van der Waals surface area contributed by atoms with Gasteiger partial charge in [-0.15, -0.1) is 0 Å². The van der Waals surface area contributed by atoms with Crippen molar-refractivity contribution in [2.45, 2.75) is 283 Å². The zero-order chi connectivity index (χ0) is 48.0. The van der Waals surface area contributed by atoms with Crippen molar-refractivity contribution in [3.05, 3.63) is 24.3 Å². The molecule has 0 rings (SSSR count). The van der Waals surface area contributed by atoms with Gasteiger partial charge in [0.05, 0.1) is 39.9 Å². The molecule has 0 spiro atoms. The number of quaternary nitrogens is 1. The van der Waals surface area contributed by atoms with E-state index in [2.05, 4.69) is 43.5 Å². The van der Waals surface area contributed by atoms with E-state index >= 15 is 0 Å². The molecule has 4 atom stereocenters. The van der Waals surface area contributed by atoms with Crippen molar-refractivity contribution in [2.24, 2.45) is 0 Å². The summed E-state index contributed by atoms with van der Waals surface area (Å²) >= 11 is 0. The van der Waals surface area contributed by atoms with Crippen LogP contribution in [0, 0.1) is 0 Å². The normalized spacial score (nSPS) is 14.6. The molecule has 0 saturated heterocycles. The van der Waals surface area contributed by atoms with E-state index in [0.717, 1.165) is 25.7 Å². The first-order chi connectivity index (χ1) is 31.4. The monoisotopic (exact) mass is 941 g/mol. The van der Waals surface area contributed by atoms with Crippen molar-refractivity contribution in [1.82, 2.24) is 5.32 Å². The molecule has 0 aromatic rings. The molecule has 4 unspecified atom stereocenters. The van der Waals surface area contributed by atoms with Crippen LogP contribution in [0.15, 0.2) is 24.3 Å². The fraction of sp³-hybridized carbons (Fsp3) is 0.909. The number of unbranched alkanes of at least 4 members (excludes halogenated alkanes) is 33. The molecule has 0 aliphatic carbocycles. The molecule has 10 heteroatoms. The van der Waals surface area contributed by atoms with Crippen molar-refractivity contribution >= 4 is 13.7 Å². The fourth-order valence-electron chi connectivity index (χ4n) is 8.31. The third-order valence-electron chi connectivity index (χ3n) is 12.8. The molecule has 65 heavy (non-hydrogen) atoms. The van der Waals surface area contributed by atoms with Crippen molar-refractivity contribution in [1.29, 1.82) is 0 Å². The molecule has 386 valence electrons. The van der Waals surface area contributed by atoms with E-state index in [9.17, 15) is 24.5 Å². The molecule has 0 saturated carbocycles. The lowest BCUT2D eigenvalue weighted by molar-refractivity contribution is -0.870. The smallest absolute Gasteiger partial charge is 0.268 e. The number of nitrogens with zero attached hydrogens (tertiary/aromatic N) is 1. The average Bonchev–Trinajstić information content (AvgIpc) is 3.26. The summed E-state index contributed by atoms with van der Waals surface area (Å²) < 4.78 is 23.2. The molecule has 0 bridgehead atoms. The number of aliphatic hydroxyl groups is 2. The topological polar surface area (TPSA) is 128 Å². The predicted molar refractivity (Wildman–Crippen MR) is 276 cm³/mol. The van der Waals surface area contributed by atoms with Crippen LogP contribution in [0.2, 0.25) is 0 Å². The minimum atomic E-state index is -4.67. The Bertz CT molecular complexity index is 1130. The maximum atomic E-state index is 13.0. The van der Waals surface area contributed by atoms with Crippen LogP contribution in [0.25, 0.3) is 0 Å². The van der Waals surface area contributed by atoms with Gasteiger partial charge in [0.1, 0.15) is 19.3 Å². The number of rotatable bonds is 51. The van der Waals surface area contributed by atoms with Crippen LogP contribution in [0.3, 0.4) is 0 Å². The van der Waals surface area contributed by atoms with E-state index in [-0.39, 0.29) is 18.9 Å². The third kappa shape index (κ3) is 47.8. The third-order valence-corrected chi connectivity index (χ3v) is 13.7. The molecule has 9 nitrogen and oxygen atoms in total. The lowest BCUT2D eigenvalue weighted by Gasteiger charge is -2.31. The number of aliphatic hydroxyl groups excluding tert-OH is 2. The SMILES string of the molecule is CCCCCCCCC/C=C/CCCC(O)C(O)C(COP(=O)([O-])OCC[N+](C)(C)C)NC(=O)CCCCCCCCCCCCCCCCCCC/C=C\CCCCCCCCCC. The highest BCUT2D eigenvalue weighted by Gasteiger charge is 2.29. The summed E-state index contributed by atoms with van der Waals surface area (Å²) in [6.45, 7) is 4.43. The highest BCUT2D eigenvalue weighted by atomic mass is 31.2. The highest BCUT2D eigenvalue weighted by Crippen LogP contribution is 2.38. The van der Waals surface area contributed by atoms with Crippen LogP contribution in [0.4, 0.5) is 0 Å². The highest BCUT2D eigenvalue weighted by molar-refractivity contribution is 7.45. The lowest BCUT2D eigenvalue weighted by Crippen LogP contribution is -2.51. The Morgan fingerprint density at radius 1 is 0.538 bits per heavy atom. The minimum Gasteiger partial charge on any atom is -0.756 e. The van der Waals surface area contributed by atoms with Gasteiger partial charge in [0.15, 0.2) is 0 Å². The second-order valence-corrected chi connectivity index (χ2v) is 21.8. The van der Waals surface area contributed by atoms with E-state index in [1.165, 1.54) is 199 Å². The van der Waals surface area contributed by atoms with Crippen LogP contribution in [0.5, 0.6) is 0 Å². The van der Waals surface area contributed by atoms with E-state index in [4.69, 9.17) is 9.05 Å². The maximum Gasteiger partial charge on any atom is 0.268 e. The van der Waals surface area contributed by atoms with E-state index in [1.54, 1.807) is 0 Å². The number of phosphoric ester groups is 1. The van der Waals surface area contributed by atoms with Gasteiger partial charge in [0.2, 0.25) is 5.91 Å². The predicted octanol–water partition coefficient (Wildman–Crippen LogP) is 14.8.